The largest absolute Gasteiger partial charge is 0.391 e. The molecule has 0 unspecified atom stereocenters. The molecule has 0 radical (unpaired) electrons. The third kappa shape index (κ3) is 1.44. The van der Waals surface area contributed by atoms with Crippen molar-refractivity contribution in [2.75, 3.05) is 12.5 Å². The fraction of sp³-hybridized carbons (Fsp3) is 1.00. The van der Waals surface area contributed by atoms with Crippen LogP contribution in [0.3, 0.4) is 0 Å². The maximum Gasteiger partial charge on any atom is 0.219 e. The van der Waals surface area contributed by atoms with Crippen molar-refractivity contribution < 1.29 is 25.2 Å². The summed E-state index contributed by atoms with van der Waals surface area (Å²) in [4.78, 5) is 0. The van der Waals surface area contributed by atoms with Crippen molar-refractivity contribution in [2.45, 2.75) is 24.1 Å². The maximum absolute atomic E-state index is 9.30. The summed E-state index contributed by atoms with van der Waals surface area (Å²) in [5.74, 6) is -2.14. The molecule has 1 fully saturated rings. The lowest BCUT2D eigenvalue weighted by atomic mass is 10.1. The summed E-state index contributed by atoms with van der Waals surface area (Å²) in [5, 5.41) is 36.3. The van der Waals surface area contributed by atoms with E-state index in [0.717, 1.165) is 0 Å². The Hall–Kier alpha value is 0.0900. The summed E-state index contributed by atoms with van der Waals surface area (Å²) in [6.45, 7) is -0.779. The van der Waals surface area contributed by atoms with Gasteiger partial charge in [0.2, 0.25) is 5.79 Å². The molecule has 0 aliphatic carbocycles. The van der Waals surface area contributed by atoms with Crippen LogP contribution in [0, 0.1) is 0 Å². The molecule has 0 aromatic rings. The van der Waals surface area contributed by atoms with Crippen LogP contribution in [0.2, 0.25) is 0 Å². The van der Waals surface area contributed by atoms with Gasteiger partial charge in [0.15, 0.2) is 0 Å². The van der Waals surface area contributed by atoms with Gasteiger partial charge in [-0.3, -0.25) is 0 Å². The number of halogens is 1. The zero-order valence-electron chi connectivity index (χ0n) is 6.22. The van der Waals surface area contributed by atoms with E-state index in [1.807, 2.05) is 0 Å². The molecule has 0 aromatic heterocycles. The highest BCUT2D eigenvalue weighted by Crippen LogP contribution is 2.29. The van der Waals surface area contributed by atoms with Gasteiger partial charge in [0, 0.05) is 0 Å². The number of aliphatic hydroxyl groups is 4. The first-order valence-corrected chi connectivity index (χ1v) is 4.01. The van der Waals surface area contributed by atoms with Gasteiger partial charge in [-0.2, -0.15) is 0 Å². The van der Waals surface area contributed by atoms with E-state index in [-0.39, 0.29) is 5.88 Å². The Bertz CT molecular complexity index is 166. The van der Waals surface area contributed by atoms with Crippen molar-refractivity contribution >= 4 is 11.6 Å². The van der Waals surface area contributed by atoms with E-state index in [1.54, 1.807) is 0 Å². The number of rotatable bonds is 2. The molecule has 0 bridgehead atoms. The minimum atomic E-state index is -2.08. The second-order valence-electron chi connectivity index (χ2n) is 2.75. The van der Waals surface area contributed by atoms with Crippen molar-refractivity contribution in [1.82, 2.24) is 0 Å². The summed E-state index contributed by atoms with van der Waals surface area (Å²) < 4.78 is 4.75. The number of ether oxygens (including phenoxy) is 1. The molecule has 1 heterocycles. The quantitative estimate of drug-likeness (QED) is 0.387. The third-order valence-corrected chi connectivity index (χ3v) is 2.20. The molecule has 1 rings (SSSR count). The van der Waals surface area contributed by atoms with Gasteiger partial charge in [-0.05, 0) is 0 Å². The average molecular weight is 199 g/mol. The normalized spacial score (nSPS) is 48.2. The van der Waals surface area contributed by atoms with Crippen molar-refractivity contribution in [1.29, 1.82) is 0 Å². The molecule has 0 amide bonds. The summed E-state index contributed by atoms with van der Waals surface area (Å²) in [7, 11) is 0. The van der Waals surface area contributed by atoms with E-state index in [0.29, 0.717) is 0 Å². The van der Waals surface area contributed by atoms with E-state index in [1.165, 1.54) is 0 Å². The minimum absolute atomic E-state index is 0.0550. The number of aliphatic hydroxyl groups excluding tert-OH is 3. The molecule has 72 valence electrons. The predicted octanol–water partition coefficient (Wildman–Crippen LogP) is -1.97. The first-order valence-electron chi connectivity index (χ1n) is 3.48. The lowest BCUT2D eigenvalue weighted by molar-refractivity contribution is -0.243. The van der Waals surface area contributed by atoms with Crippen LogP contribution in [0.1, 0.15) is 0 Å². The van der Waals surface area contributed by atoms with Crippen LogP contribution >= 0.6 is 11.6 Å². The Morgan fingerprint density at radius 3 is 2.25 bits per heavy atom. The molecule has 4 N–H and O–H groups in total. The van der Waals surface area contributed by atoms with Crippen molar-refractivity contribution in [2.24, 2.45) is 0 Å². The predicted molar refractivity (Wildman–Crippen MR) is 39.6 cm³/mol. The van der Waals surface area contributed by atoms with Gasteiger partial charge < -0.3 is 25.2 Å². The Morgan fingerprint density at radius 1 is 1.42 bits per heavy atom. The van der Waals surface area contributed by atoms with Crippen LogP contribution in [-0.4, -0.2) is 57.0 Å². The van der Waals surface area contributed by atoms with Crippen LogP contribution in [0.25, 0.3) is 0 Å². The number of hydrogen-bond acceptors (Lipinski definition) is 5. The molecule has 0 saturated carbocycles. The molecule has 0 spiro atoms. The van der Waals surface area contributed by atoms with Gasteiger partial charge in [0.1, 0.15) is 18.3 Å². The second kappa shape index (κ2) is 3.45. The highest BCUT2D eigenvalue weighted by Gasteiger charge is 2.52. The first-order chi connectivity index (χ1) is 5.55. The fourth-order valence-corrected chi connectivity index (χ4v) is 1.37. The minimum Gasteiger partial charge on any atom is -0.391 e. The smallest absolute Gasteiger partial charge is 0.219 e. The van der Waals surface area contributed by atoms with E-state index in [4.69, 9.17) is 21.4 Å². The zero-order chi connectivity index (χ0) is 9.35. The van der Waals surface area contributed by atoms with Crippen LogP contribution in [0.4, 0.5) is 0 Å². The van der Waals surface area contributed by atoms with Crippen molar-refractivity contribution in [3.63, 3.8) is 0 Å². The Balaban J connectivity index is 2.72. The topological polar surface area (TPSA) is 90.2 Å². The molecule has 5 nitrogen and oxygen atoms in total. The summed E-state index contributed by atoms with van der Waals surface area (Å²) in [6.07, 6.45) is -3.63. The number of hydrogen-bond donors (Lipinski definition) is 4. The molecular weight excluding hydrogens is 188 g/mol. The Labute approximate surface area is 74.2 Å². The van der Waals surface area contributed by atoms with Gasteiger partial charge in [-0.25, -0.2) is 0 Å². The SMILES string of the molecule is OC[C@@]1(O)O[C@H](CCl)[C@@H](O)[C@@H]1O. The van der Waals surface area contributed by atoms with Gasteiger partial charge >= 0.3 is 0 Å². The Kier molecular flexibility index (Phi) is 2.92. The van der Waals surface area contributed by atoms with Gasteiger partial charge in [0.05, 0.1) is 12.5 Å². The van der Waals surface area contributed by atoms with E-state index in [2.05, 4.69) is 0 Å². The summed E-state index contributed by atoms with van der Waals surface area (Å²) >= 11 is 5.36. The average Bonchev–Trinajstić information content (AvgIpc) is 2.31. The van der Waals surface area contributed by atoms with Crippen molar-refractivity contribution in [3.8, 4) is 0 Å². The molecule has 12 heavy (non-hydrogen) atoms. The summed E-state index contributed by atoms with van der Waals surface area (Å²) in [5.41, 5.74) is 0. The van der Waals surface area contributed by atoms with E-state index >= 15 is 0 Å². The second-order valence-corrected chi connectivity index (χ2v) is 3.06. The fourth-order valence-electron chi connectivity index (χ4n) is 1.13. The third-order valence-electron chi connectivity index (χ3n) is 1.90. The lowest BCUT2D eigenvalue weighted by Gasteiger charge is -2.22. The highest BCUT2D eigenvalue weighted by atomic mass is 35.5. The monoisotopic (exact) mass is 198 g/mol. The van der Waals surface area contributed by atoms with Gasteiger partial charge in [-0.1, -0.05) is 0 Å². The van der Waals surface area contributed by atoms with Crippen LogP contribution in [0.15, 0.2) is 0 Å². The zero-order valence-corrected chi connectivity index (χ0v) is 6.98. The first kappa shape index (κ1) is 10.2. The van der Waals surface area contributed by atoms with E-state index < -0.39 is 30.7 Å². The Morgan fingerprint density at radius 2 is 2.00 bits per heavy atom. The molecule has 0 aromatic carbocycles. The lowest BCUT2D eigenvalue weighted by Crippen LogP contribution is -2.46. The molecule has 4 atom stereocenters. The maximum atomic E-state index is 9.30. The standard InChI is InChI=1S/C6H11ClO5/c7-1-3-4(9)5(10)6(11,2-8)12-3/h3-5,8-11H,1-2H2/t3-,4-,5+,6-/m1/s1. The van der Waals surface area contributed by atoms with Gasteiger partial charge in [-0.15, -0.1) is 11.6 Å². The molecule has 1 aliphatic rings. The molecule has 1 saturated heterocycles. The van der Waals surface area contributed by atoms with Crippen molar-refractivity contribution in [3.05, 3.63) is 0 Å². The number of alkyl halides is 1. The molecule has 6 heteroatoms. The van der Waals surface area contributed by atoms with E-state index in [9.17, 15) is 15.3 Å². The van der Waals surface area contributed by atoms with Crippen LogP contribution in [0.5, 0.6) is 0 Å². The van der Waals surface area contributed by atoms with Crippen LogP contribution in [-0.2, 0) is 4.74 Å². The molecular formula is C6H11ClO5. The highest BCUT2D eigenvalue weighted by molar-refractivity contribution is 6.18. The summed E-state index contributed by atoms with van der Waals surface area (Å²) in [6, 6.07) is 0. The molecule has 1 aliphatic heterocycles. The van der Waals surface area contributed by atoms with Crippen LogP contribution < -0.4 is 0 Å². The van der Waals surface area contributed by atoms with Gasteiger partial charge in [0.25, 0.3) is 0 Å².